The van der Waals surface area contributed by atoms with Crippen LogP contribution in [0.15, 0.2) is 36.4 Å². The number of nitro groups is 1. The molecule has 0 fully saturated rings. The predicted molar refractivity (Wildman–Crippen MR) is 78.7 cm³/mol. The summed E-state index contributed by atoms with van der Waals surface area (Å²) in [5, 5.41) is 22.0. The SMILES string of the molecule is COc1ccc(NC(=O)c2ccc(C#N)cc2F)c([N+](=O)[O-])c1. The molecular formula is C15H10FN3O4. The summed E-state index contributed by atoms with van der Waals surface area (Å²) >= 11 is 0. The number of nitrogens with one attached hydrogen (secondary N) is 1. The number of hydrogen-bond donors (Lipinski definition) is 1. The Kier molecular flexibility index (Phi) is 4.52. The third-order valence-electron chi connectivity index (χ3n) is 2.99. The fraction of sp³-hybridized carbons (Fsp3) is 0.0667. The van der Waals surface area contributed by atoms with Gasteiger partial charge in [-0.25, -0.2) is 4.39 Å². The number of methoxy groups -OCH3 is 1. The first kappa shape index (κ1) is 15.9. The summed E-state index contributed by atoms with van der Waals surface area (Å²) in [5.41, 5.74) is -0.736. The zero-order valence-corrected chi connectivity index (χ0v) is 11.9. The Hall–Kier alpha value is -3.47. The molecule has 0 saturated carbocycles. The summed E-state index contributed by atoms with van der Waals surface area (Å²) in [6.07, 6.45) is 0. The van der Waals surface area contributed by atoms with Crippen LogP contribution >= 0.6 is 0 Å². The number of rotatable bonds is 4. The smallest absolute Gasteiger partial charge is 0.296 e. The van der Waals surface area contributed by atoms with Crippen molar-refractivity contribution in [2.45, 2.75) is 0 Å². The van der Waals surface area contributed by atoms with E-state index >= 15 is 0 Å². The molecule has 1 N–H and O–H groups in total. The van der Waals surface area contributed by atoms with Gasteiger partial charge in [0.1, 0.15) is 17.3 Å². The summed E-state index contributed by atoms with van der Waals surface area (Å²) in [7, 11) is 1.35. The molecule has 23 heavy (non-hydrogen) atoms. The lowest BCUT2D eigenvalue weighted by Gasteiger charge is -2.08. The molecule has 0 aliphatic carbocycles. The van der Waals surface area contributed by atoms with Gasteiger partial charge in [-0.05, 0) is 30.3 Å². The number of nitriles is 1. The highest BCUT2D eigenvalue weighted by atomic mass is 19.1. The van der Waals surface area contributed by atoms with Gasteiger partial charge in [0, 0.05) is 0 Å². The van der Waals surface area contributed by atoms with E-state index in [1.54, 1.807) is 6.07 Å². The number of nitrogens with zero attached hydrogens (tertiary/aromatic N) is 2. The average Bonchev–Trinajstić information content (AvgIpc) is 2.54. The molecule has 0 aliphatic heterocycles. The first-order chi connectivity index (χ1) is 11.0. The van der Waals surface area contributed by atoms with Gasteiger partial charge in [0.15, 0.2) is 0 Å². The lowest BCUT2D eigenvalue weighted by Crippen LogP contribution is -2.15. The Morgan fingerprint density at radius 1 is 1.35 bits per heavy atom. The van der Waals surface area contributed by atoms with Gasteiger partial charge in [-0.1, -0.05) is 0 Å². The van der Waals surface area contributed by atoms with Gasteiger partial charge in [-0.2, -0.15) is 5.26 Å². The van der Waals surface area contributed by atoms with Crippen molar-refractivity contribution in [2.75, 3.05) is 12.4 Å². The van der Waals surface area contributed by atoms with Crippen molar-refractivity contribution < 1.29 is 18.8 Å². The molecular weight excluding hydrogens is 305 g/mol. The van der Waals surface area contributed by atoms with Crippen molar-refractivity contribution in [3.8, 4) is 11.8 Å². The monoisotopic (exact) mass is 315 g/mol. The van der Waals surface area contributed by atoms with E-state index in [4.69, 9.17) is 10.00 Å². The summed E-state index contributed by atoms with van der Waals surface area (Å²) < 4.78 is 18.7. The lowest BCUT2D eigenvalue weighted by molar-refractivity contribution is -0.384. The van der Waals surface area contributed by atoms with Crippen LogP contribution in [-0.2, 0) is 0 Å². The fourth-order valence-electron chi connectivity index (χ4n) is 1.85. The zero-order valence-electron chi connectivity index (χ0n) is 11.9. The molecule has 0 atom stereocenters. The van der Waals surface area contributed by atoms with Crippen LogP contribution in [0.1, 0.15) is 15.9 Å². The minimum Gasteiger partial charge on any atom is -0.496 e. The Morgan fingerprint density at radius 2 is 2.09 bits per heavy atom. The molecule has 0 aromatic heterocycles. The minimum atomic E-state index is -0.891. The lowest BCUT2D eigenvalue weighted by atomic mass is 10.1. The van der Waals surface area contributed by atoms with E-state index in [0.29, 0.717) is 0 Å². The van der Waals surface area contributed by atoms with Gasteiger partial charge in [0.2, 0.25) is 0 Å². The summed E-state index contributed by atoms with van der Waals surface area (Å²) in [4.78, 5) is 22.4. The highest BCUT2D eigenvalue weighted by Crippen LogP contribution is 2.29. The van der Waals surface area contributed by atoms with Gasteiger partial charge < -0.3 is 10.1 Å². The molecule has 116 valence electrons. The Morgan fingerprint density at radius 3 is 2.65 bits per heavy atom. The van der Waals surface area contributed by atoms with Crippen LogP contribution in [0.5, 0.6) is 5.75 Å². The van der Waals surface area contributed by atoms with Crippen molar-refractivity contribution in [3.63, 3.8) is 0 Å². The molecule has 8 heteroatoms. The Labute approximate surface area is 130 Å². The number of ether oxygens (including phenoxy) is 1. The molecule has 0 saturated heterocycles. The quantitative estimate of drug-likeness (QED) is 0.690. The van der Waals surface area contributed by atoms with E-state index in [1.807, 2.05) is 0 Å². The number of benzene rings is 2. The second-order valence-electron chi connectivity index (χ2n) is 4.40. The normalized spacial score (nSPS) is 9.78. The van der Waals surface area contributed by atoms with Crippen LogP contribution in [0.25, 0.3) is 0 Å². The summed E-state index contributed by atoms with van der Waals surface area (Å²) in [6.45, 7) is 0. The molecule has 0 heterocycles. The van der Waals surface area contributed by atoms with E-state index in [2.05, 4.69) is 5.32 Å². The van der Waals surface area contributed by atoms with Crippen LogP contribution in [-0.4, -0.2) is 17.9 Å². The molecule has 2 aromatic carbocycles. The van der Waals surface area contributed by atoms with E-state index < -0.39 is 16.6 Å². The third-order valence-corrected chi connectivity index (χ3v) is 2.99. The third kappa shape index (κ3) is 3.41. The molecule has 0 spiro atoms. The maximum absolute atomic E-state index is 13.8. The first-order valence-electron chi connectivity index (χ1n) is 6.29. The van der Waals surface area contributed by atoms with Crippen molar-refractivity contribution in [1.29, 1.82) is 5.26 Å². The van der Waals surface area contributed by atoms with Crippen molar-refractivity contribution >= 4 is 17.3 Å². The number of amides is 1. The Balaban J connectivity index is 2.34. The maximum atomic E-state index is 13.8. The van der Waals surface area contributed by atoms with Crippen LogP contribution in [0.3, 0.4) is 0 Å². The van der Waals surface area contributed by atoms with Gasteiger partial charge in [-0.15, -0.1) is 0 Å². The van der Waals surface area contributed by atoms with Gasteiger partial charge in [0.05, 0.1) is 35.3 Å². The van der Waals surface area contributed by atoms with Crippen molar-refractivity contribution in [3.05, 3.63) is 63.5 Å². The molecule has 0 aliphatic rings. The molecule has 1 amide bonds. The number of hydrogen-bond acceptors (Lipinski definition) is 5. The number of halogens is 1. The second-order valence-corrected chi connectivity index (χ2v) is 4.40. The van der Waals surface area contributed by atoms with E-state index in [-0.39, 0.29) is 28.3 Å². The van der Waals surface area contributed by atoms with Crippen LogP contribution < -0.4 is 10.1 Å². The van der Waals surface area contributed by atoms with Gasteiger partial charge in [-0.3, -0.25) is 14.9 Å². The second kappa shape index (κ2) is 6.53. The first-order valence-corrected chi connectivity index (χ1v) is 6.29. The van der Waals surface area contributed by atoms with Gasteiger partial charge >= 0.3 is 0 Å². The minimum absolute atomic E-state index is 0.0643. The van der Waals surface area contributed by atoms with E-state index in [0.717, 1.165) is 18.2 Å². The van der Waals surface area contributed by atoms with Gasteiger partial charge in [0.25, 0.3) is 11.6 Å². The number of nitro benzene ring substituents is 1. The molecule has 0 radical (unpaired) electrons. The molecule has 7 nitrogen and oxygen atoms in total. The van der Waals surface area contributed by atoms with E-state index in [1.165, 1.54) is 25.3 Å². The molecule has 2 aromatic rings. The fourth-order valence-corrected chi connectivity index (χ4v) is 1.85. The number of carbonyl (C=O) groups excluding carboxylic acids is 1. The van der Waals surface area contributed by atoms with Crippen molar-refractivity contribution in [2.24, 2.45) is 0 Å². The highest BCUT2D eigenvalue weighted by Gasteiger charge is 2.19. The predicted octanol–water partition coefficient (Wildman–Crippen LogP) is 2.87. The molecule has 2 rings (SSSR count). The number of anilines is 1. The summed E-state index contributed by atoms with van der Waals surface area (Å²) in [6, 6.07) is 8.94. The standard InChI is InChI=1S/C15H10FN3O4/c1-23-10-3-5-13(14(7-10)19(21)22)18-15(20)11-4-2-9(8-17)6-12(11)16/h2-7H,1H3,(H,18,20). The maximum Gasteiger partial charge on any atom is 0.296 e. The topological polar surface area (TPSA) is 105 Å². The van der Waals surface area contributed by atoms with Crippen molar-refractivity contribution in [1.82, 2.24) is 0 Å². The van der Waals surface area contributed by atoms with E-state index in [9.17, 15) is 19.3 Å². The molecule has 0 unspecified atom stereocenters. The van der Waals surface area contributed by atoms with Crippen LogP contribution in [0, 0.1) is 27.3 Å². The molecule has 0 bridgehead atoms. The highest BCUT2D eigenvalue weighted by molar-refractivity contribution is 6.05. The van der Waals surface area contributed by atoms with Crippen LogP contribution in [0.2, 0.25) is 0 Å². The zero-order chi connectivity index (χ0) is 17.0. The summed E-state index contributed by atoms with van der Waals surface area (Å²) in [5.74, 6) is -1.50. The number of carbonyl (C=O) groups is 1. The average molecular weight is 315 g/mol. The van der Waals surface area contributed by atoms with Crippen LogP contribution in [0.4, 0.5) is 15.8 Å². The Bertz CT molecular complexity index is 830. The largest absolute Gasteiger partial charge is 0.496 e.